The van der Waals surface area contributed by atoms with Crippen LogP contribution in [0.4, 0.5) is 5.69 Å². The Morgan fingerprint density at radius 3 is 2.40 bits per heavy atom. The molecule has 0 spiro atoms. The summed E-state index contributed by atoms with van der Waals surface area (Å²) in [6.45, 7) is 4.06. The summed E-state index contributed by atoms with van der Waals surface area (Å²) >= 11 is 18.3. The van der Waals surface area contributed by atoms with Gasteiger partial charge in [0.25, 0.3) is 5.91 Å². The molecule has 0 saturated heterocycles. The van der Waals surface area contributed by atoms with Gasteiger partial charge in [0.05, 0.1) is 32.1 Å². The molecule has 130 valence electrons. The van der Waals surface area contributed by atoms with Crippen molar-refractivity contribution in [2.75, 3.05) is 5.32 Å². The highest BCUT2D eigenvalue weighted by Crippen LogP contribution is 2.30. The molecule has 0 aliphatic carbocycles. The van der Waals surface area contributed by atoms with Gasteiger partial charge in [0.1, 0.15) is 6.67 Å². The molecule has 0 aliphatic heterocycles. The lowest BCUT2D eigenvalue weighted by atomic mass is 10.3. The second kappa shape index (κ2) is 7.07. The summed E-state index contributed by atoms with van der Waals surface area (Å²) < 4.78 is 3.32. The first kappa shape index (κ1) is 17.8. The number of para-hydroxylation sites is 1. The summed E-state index contributed by atoms with van der Waals surface area (Å²) in [4.78, 5) is 12.4. The zero-order chi connectivity index (χ0) is 18.1. The minimum absolute atomic E-state index is 0.239. The molecule has 0 radical (unpaired) electrons. The van der Waals surface area contributed by atoms with E-state index in [-0.39, 0.29) is 5.69 Å². The van der Waals surface area contributed by atoms with Gasteiger partial charge in [-0.3, -0.25) is 9.48 Å². The molecule has 0 aliphatic rings. The average Bonchev–Trinajstić information content (AvgIpc) is 3.13. The van der Waals surface area contributed by atoms with E-state index in [0.717, 1.165) is 11.4 Å². The molecule has 2 aromatic heterocycles. The lowest BCUT2D eigenvalue weighted by Gasteiger charge is -2.08. The molecule has 1 amide bonds. The van der Waals surface area contributed by atoms with Gasteiger partial charge in [-0.25, -0.2) is 4.68 Å². The van der Waals surface area contributed by atoms with Crippen LogP contribution in [0, 0.1) is 13.8 Å². The fourth-order valence-corrected chi connectivity index (χ4v) is 2.93. The summed E-state index contributed by atoms with van der Waals surface area (Å²) in [7, 11) is 0. The summed E-state index contributed by atoms with van der Waals surface area (Å²) in [5.41, 5.74) is 2.18. The van der Waals surface area contributed by atoms with Crippen molar-refractivity contribution >= 4 is 46.4 Å². The number of carbonyl (C=O) groups is 1. The Hall–Kier alpha value is -2.02. The Bertz CT molecular complexity index is 927. The molecular weight excluding hydrogens is 385 g/mol. The largest absolute Gasteiger partial charge is 0.318 e. The van der Waals surface area contributed by atoms with Crippen molar-refractivity contribution in [2.45, 2.75) is 20.5 Å². The first-order chi connectivity index (χ1) is 11.9. The number of aryl methyl sites for hydroxylation is 1. The maximum Gasteiger partial charge on any atom is 0.276 e. The van der Waals surface area contributed by atoms with E-state index in [2.05, 4.69) is 15.5 Å². The van der Waals surface area contributed by atoms with Crippen LogP contribution in [0.3, 0.4) is 0 Å². The monoisotopic (exact) mass is 397 g/mol. The van der Waals surface area contributed by atoms with Gasteiger partial charge in [-0.1, -0.05) is 40.9 Å². The zero-order valence-electron chi connectivity index (χ0n) is 13.4. The predicted octanol–water partition coefficient (Wildman–Crippen LogP) is 4.41. The molecule has 6 nitrogen and oxygen atoms in total. The number of aromatic nitrogens is 4. The number of anilines is 1. The Balaban J connectivity index is 1.77. The van der Waals surface area contributed by atoms with Crippen molar-refractivity contribution in [3.8, 4) is 0 Å². The van der Waals surface area contributed by atoms with Crippen molar-refractivity contribution in [2.24, 2.45) is 0 Å². The summed E-state index contributed by atoms with van der Waals surface area (Å²) in [6, 6.07) is 6.60. The Labute approximate surface area is 159 Å². The third kappa shape index (κ3) is 3.66. The fraction of sp³-hybridized carbons (Fsp3) is 0.188. The Kier molecular flexibility index (Phi) is 5.03. The zero-order valence-corrected chi connectivity index (χ0v) is 15.7. The second-order valence-corrected chi connectivity index (χ2v) is 6.61. The van der Waals surface area contributed by atoms with Crippen molar-refractivity contribution in [1.29, 1.82) is 0 Å². The molecule has 0 fully saturated rings. The number of benzene rings is 1. The van der Waals surface area contributed by atoms with Crippen LogP contribution in [-0.2, 0) is 6.67 Å². The Morgan fingerprint density at radius 1 is 1.12 bits per heavy atom. The van der Waals surface area contributed by atoms with Crippen LogP contribution < -0.4 is 5.32 Å². The van der Waals surface area contributed by atoms with Crippen LogP contribution in [0.2, 0.25) is 15.1 Å². The molecule has 0 unspecified atom stereocenters. The van der Waals surface area contributed by atoms with Crippen molar-refractivity contribution < 1.29 is 4.79 Å². The van der Waals surface area contributed by atoms with Gasteiger partial charge in [-0.05, 0) is 32.0 Å². The minimum atomic E-state index is -0.403. The van der Waals surface area contributed by atoms with E-state index in [0.29, 0.717) is 27.4 Å². The van der Waals surface area contributed by atoms with E-state index >= 15 is 0 Å². The van der Waals surface area contributed by atoms with E-state index in [9.17, 15) is 4.79 Å². The number of amides is 1. The molecule has 3 rings (SSSR count). The molecular formula is C16H14Cl3N5O. The van der Waals surface area contributed by atoms with Crippen LogP contribution >= 0.6 is 34.8 Å². The number of carbonyl (C=O) groups excluding carboxylic acids is 1. The average molecular weight is 399 g/mol. The van der Waals surface area contributed by atoms with Crippen molar-refractivity contribution in [1.82, 2.24) is 19.6 Å². The molecule has 25 heavy (non-hydrogen) atoms. The van der Waals surface area contributed by atoms with E-state index in [1.54, 1.807) is 39.8 Å². The fourth-order valence-electron chi connectivity index (χ4n) is 2.31. The van der Waals surface area contributed by atoms with Crippen LogP contribution in [0.25, 0.3) is 0 Å². The van der Waals surface area contributed by atoms with E-state index in [1.165, 1.54) is 0 Å². The van der Waals surface area contributed by atoms with Crippen molar-refractivity contribution in [3.05, 3.63) is 62.6 Å². The molecule has 2 heterocycles. The van der Waals surface area contributed by atoms with Gasteiger partial charge in [0.2, 0.25) is 0 Å². The first-order valence-electron chi connectivity index (χ1n) is 7.35. The number of rotatable bonds is 4. The Morgan fingerprint density at radius 2 is 1.80 bits per heavy atom. The molecule has 3 aromatic rings. The number of nitrogens with zero attached hydrogens (tertiary/aromatic N) is 4. The van der Waals surface area contributed by atoms with Gasteiger partial charge in [-0.2, -0.15) is 10.2 Å². The molecule has 1 aromatic carbocycles. The second-order valence-electron chi connectivity index (χ2n) is 5.42. The smallest absolute Gasteiger partial charge is 0.276 e. The molecule has 0 atom stereocenters. The van der Waals surface area contributed by atoms with Crippen LogP contribution in [0.15, 0.2) is 30.5 Å². The lowest BCUT2D eigenvalue weighted by Crippen LogP contribution is -2.16. The molecule has 1 N–H and O–H groups in total. The topological polar surface area (TPSA) is 64.7 Å². The highest BCUT2D eigenvalue weighted by atomic mass is 35.5. The number of nitrogens with one attached hydrogen (secondary N) is 1. The summed E-state index contributed by atoms with van der Waals surface area (Å²) in [6.07, 6.45) is 1.69. The van der Waals surface area contributed by atoms with E-state index < -0.39 is 5.91 Å². The molecule has 0 bridgehead atoms. The van der Waals surface area contributed by atoms with Gasteiger partial charge < -0.3 is 5.32 Å². The van der Waals surface area contributed by atoms with E-state index in [4.69, 9.17) is 34.8 Å². The summed E-state index contributed by atoms with van der Waals surface area (Å²) in [5.74, 6) is -0.403. The van der Waals surface area contributed by atoms with Gasteiger partial charge >= 0.3 is 0 Å². The number of hydrogen-bond donors (Lipinski definition) is 1. The van der Waals surface area contributed by atoms with Gasteiger partial charge in [-0.15, -0.1) is 0 Å². The minimum Gasteiger partial charge on any atom is -0.318 e. The highest BCUT2D eigenvalue weighted by Gasteiger charge is 2.15. The molecule has 0 saturated carbocycles. The van der Waals surface area contributed by atoms with Gasteiger partial charge in [0.15, 0.2) is 5.69 Å². The SMILES string of the molecule is Cc1nn(Cn2ccc(C(=O)Nc3c(Cl)cccc3Cl)n2)c(C)c1Cl. The van der Waals surface area contributed by atoms with Crippen LogP contribution in [0.5, 0.6) is 0 Å². The normalized spacial score (nSPS) is 10.9. The number of halogens is 3. The quantitative estimate of drug-likeness (QED) is 0.708. The van der Waals surface area contributed by atoms with Crippen LogP contribution in [0.1, 0.15) is 21.9 Å². The highest BCUT2D eigenvalue weighted by molar-refractivity contribution is 6.40. The summed E-state index contributed by atoms with van der Waals surface area (Å²) in [5, 5.41) is 12.6. The third-order valence-electron chi connectivity index (χ3n) is 3.65. The number of hydrogen-bond acceptors (Lipinski definition) is 3. The maximum atomic E-state index is 12.4. The lowest BCUT2D eigenvalue weighted by molar-refractivity contribution is 0.102. The van der Waals surface area contributed by atoms with Crippen molar-refractivity contribution in [3.63, 3.8) is 0 Å². The van der Waals surface area contributed by atoms with E-state index in [1.807, 2.05) is 13.8 Å². The third-order valence-corrected chi connectivity index (χ3v) is 4.82. The predicted molar refractivity (Wildman–Crippen MR) is 98.8 cm³/mol. The molecule has 9 heteroatoms. The first-order valence-corrected chi connectivity index (χ1v) is 8.48. The maximum absolute atomic E-state index is 12.4. The van der Waals surface area contributed by atoms with Gasteiger partial charge in [0, 0.05) is 6.20 Å². The van der Waals surface area contributed by atoms with Crippen LogP contribution in [-0.4, -0.2) is 25.5 Å². The standard InChI is InChI=1S/C16H14Cl3N5O/c1-9-14(19)10(2)24(21-9)8-23-7-6-13(22-23)16(25)20-15-11(17)4-3-5-12(15)18/h3-7H,8H2,1-2H3,(H,20,25).